The maximum atomic E-state index is 13.4. The molecule has 0 aromatic heterocycles. The number of benzene rings is 2. The van der Waals surface area contributed by atoms with Crippen LogP contribution >= 0.6 is 11.8 Å². The fourth-order valence-corrected chi connectivity index (χ4v) is 7.61. The van der Waals surface area contributed by atoms with Crippen molar-refractivity contribution < 1.29 is 18.0 Å². The third-order valence-electron chi connectivity index (χ3n) is 6.74. The Balaban J connectivity index is 1.46. The van der Waals surface area contributed by atoms with Crippen molar-refractivity contribution in [2.24, 2.45) is 0 Å². The van der Waals surface area contributed by atoms with E-state index in [0.29, 0.717) is 43.7 Å². The third kappa shape index (κ3) is 5.27. The molecule has 1 N–H and O–H groups in total. The number of amides is 2. The molecule has 2 aliphatic rings. The lowest BCUT2D eigenvalue weighted by atomic mass is 9.86. The summed E-state index contributed by atoms with van der Waals surface area (Å²) in [5.74, 6) is 0.656. The average molecular weight is 516 g/mol. The molecule has 9 heteroatoms. The van der Waals surface area contributed by atoms with Gasteiger partial charge in [-0.2, -0.15) is 4.31 Å². The highest BCUT2D eigenvalue weighted by Crippen LogP contribution is 2.45. The zero-order chi connectivity index (χ0) is 25.4. The molecule has 2 aromatic carbocycles. The average Bonchev–Trinajstić information content (AvgIpc) is 3.21. The van der Waals surface area contributed by atoms with Gasteiger partial charge in [0.05, 0.1) is 9.77 Å². The van der Waals surface area contributed by atoms with E-state index in [2.05, 4.69) is 26.1 Å². The van der Waals surface area contributed by atoms with Gasteiger partial charge >= 0.3 is 0 Å². The van der Waals surface area contributed by atoms with Gasteiger partial charge in [-0.3, -0.25) is 9.59 Å². The molecule has 2 amide bonds. The van der Waals surface area contributed by atoms with Crippen LogP contribution in [0.2, 0.25) is 0 Å². The molecule has 0 bridgehead atoms. The van der Waals surface area contributed by atoms with Gasteiger partial charge in [-0.15, -0.1) is 11.8 Å². The number of hydrogen-bond donors (Lipinski definition) is 1. The van der Waals surface area contributed by atoms with Crippen LogP contribution in [0.4, 0.5) is 5.69 Å². The Morgan fingerprint density at radius 2 is 1.54 bits per heavy atom. The molecule has 0 saturated carbocycles. The van der Waals surface area contributed by atoms with Crippen molar-refractivity contribution in [2.45, 2.75) is 55.7 Å². The van der Waals surface area contributed by atoms with Crippen LogP contribution in [0.25, 0.3) is 0 Å². The van der Waals surface area contributed by atoms with Crippen LogP contribution in [0, 0.1) is 0 Å². The van der Waals surface area contributed by atoms with Gasteiger partial charge in [-0.25, -0.2) is 8.42 Å². The molecule has 2 fully saturated rings. The van der Waals surface area contributed by atoms with Crippen molar-refractivity contribution >= 4 is 39.3 Å². The minimum absolute atomic E-state index is 0.0142. The van der Waals surface area contributed by atoms with Crippen molar-refractivity contribution in [3.05, 3.63) is 59.7 Å². The highest BCUT2D eigenvalue weighted by atomic mass is 32.2. The Kier molecular flexibility index (Phi) is 7.05. The standard InChI is InChI=1S/C26H33N3O4S2/c1-19(30)27-22-9-11-23(12-10-22)35(32,33)28-15-13-26(14-16-28)29(17-18-34-26)24(31)20-5-7-21(8-6-20)25(2,3)4/h5-12H,13-18H2,1-4H3,(H,27,30). The second-order valence-corrected chi connectivity index (χ2v) is 13.6. The highest BCUT2D eigenvalue weighted by molar-refractivity contribution is 8.00. The molecule has 4 rings (SSSR count). The largest absolute Gasteiger partial charge is 0.326 e. The fourth-order valence-electron chi connectivity index (χ4n) is 4.72. The van der Waals surface area contributed by atoms with Crippen molar-refractivity contribution in [3.8, 4) is 0 Å². The lowest BCUT2D eigenvalue weighted by molar-refractivity contribution is -0.114. The van der Waals surface area contributed by atoms with E-state index in [1.807, 2.05) is 29.2 Å². The predicted octanol–water partition coefficient (Wildman–Crippen LogP) is 4.31. The Bertz CT molecular complexity index is 1190. The van der Waals surface area contributed by atoms with E-state index in [9.17, 15) is 18.0 Å². The molecule has 35 heavy (non-hydrogen) atoms. The first-order chi connectivity index (χ1) is 16.4. The second kappa shape index (κ2) is 9.59. The van der Waals surface area contributed by atoms with E-state index in [0.717, 1.165) is 5.75 Å². The first-order valence-electron chi connectivity index (χ1n) is 11.9. The maximum absolute atomic E-state index is 13.4. The number of carbonyl (C=O) groups is 2. The molecule has 2 heterocycles. The van der Waals surface area contributed by atoms with E-state index < -0.39 is 10.0 Å². The fraction of sp³-hybridized carbons (Fsp3) is 0.462. The van der Waals surface area contributed by atoms with Gasteiger partial charge in [0.25, 0.3) is 5.91 Å². The smallest absolute Gasteiger partial charge is 0.254 e. The number of hydrogen-bond acceptors (Lipinski definition) is 5. The van der Waals surface area contributed by atoms with Crippen molar-refractivity contribution in [2.75, 3.05) is 30.7 Å². The predicted molar refractivity (Wildman–Crippen MR) is 140 cm³/mol. The molecule has 2 saturated heterocycles. The first kappa shape index (κ1) is 25.7. The topological polar surface area (TPSA) is 86.8 Å². The Labute approximate surface area is 212 Å². The number of nitrogens with one attached hydrogen (secondary N) is 1. The summed E-state index contributed by atoms with van der Waals surface area (Å²) in [6.45, 7) is 9.23. The molecule has 2 aliphatic heterocycles. The minimum Gasteiger partial charge on any atom is -0.326 e. The summed E-state index contributed by atoms with van der Waals surface area (Å²) < 4.78 is 28.0. The summed E-state index contributed by atoms with van der Waals surface area (Å²) in [4.78, 5) is 26.4. The number of nitrogens with zero attached hydrogens (tertiary/aromatic N) is 2. The zero-order valence-electron chi connectivity index (χ0n) is 20.7. The van der Waals surface area contributed by atoms with E-state index in [-0.39, 0.29) is 27.0 Å². The van der Waals surface area contributed by atoms with E-state index in [1.54, 1.807) is 23.9 Å². The molecule has 0 atom stereocenters. The molecule has 2 aromatic rings. The molecular formula is C26H33N3O4S2. The molecule has 7 nitrogen and oxygen atoms in total. The van der Waals surface area contributed by atoms with Crippen LogP contribution in [0.5, 0.6) is 0 Å². The highest BCUT2D eigenvalue weighted by Gasteiger charge is 2.48. The van der Waals surface area contributed by atoms with Gasteiger partial charge in [0.15, 0.2) is 0 Å². The molecule has 0 unspecified atom stereocenters. The molecule has 0 radical (unpaired) electrons. The van der Waals surface area contributed by atoms with Crippen LogP contribution in [-0.2, 0) is 20.2 Å². The Hall–Kier alpha value is -2.36. The molecular weight excluding hydrogens is 482 g/mol. The van der Waals surface area contributed by atoms with Gasteiger partial charge < -0.3 is 10.2 Å². The lowest BCUT2D eigenvalue weighted by Gasteiger charge is -2.43. The quantitative estimate of drug-likeness (QED) is 0.656. The van der Waals surface area contributed by atoms with Crippen molar-refractivity contribution in [1.29, 1.82) is 0 Å². The number of thioether (sulfide) groups is 1. The number of piperidine rings is 1. The van der Waals surface area contributed by atoms with Gasteiger partial charge in [0.1, 0.15) is 0 Å². The zero-order valence-corrected chi connectivity index (χ0v) is 22.3. The maximum Gasteiger partial charge on any atom is 0.254 e. The van der Waals surface area contributed by atoms with Crippen LogP contribution in [0.15, 0.2) is 53.4 Å². The van der Waals surface area contributed by atoms with Gasteiger partial charge in [-0.05, 0) is 60.2 Å². The lowest BCUT2D eigenvalue weighted by Crippen LogP contribution is -2.53. The summed E-state index contributed by atoms with van der Waals surface area (Å²) in [6.07, 6.45) is 1.18. The normalized spacial score (nSPS) is 18.6. The minimum atomic E-state index is -3.65. The third-order valence-corrected chi connectivity index (χ3v) is 10.2. The first-order valence-corrected chi connectivity index (χ1v) is 14.3. The van der Waals surface area contributed by atoms with E-state index in [4.69, 9.17) is 0 Å². The van der Waals surface area contributed by atoms with Crippen LogP contribution in [-0.4, -0.2) is 59.7 Å². The van der Waals surface area contributed by atoms with E-state index in [1.165, 1.54) is 28.9 Å². The second-order valence-electron chi connectivity index (χ2n) is 10.2. The summed E-state index contributed by atoms with van der Waals surface area (Å²) in [5.41, 5.74) is 2.44. The molecule has 0 aliphatic carbocycles. The van der Waals surface area contributed by atoms with Gasteiger partial charge in [0, 0.05) is 43.6 Å². The molecule has 188 valence electrons. The van der Waals surface area contributed by atoms with Crippen molar-refractivity contribution in [1.82, 2.24) is 9.21 Å². The van der Waals surface area contributed by atoms with Crippen LogP contribution in [0.1, 0.15) is 56.5 Å². The van der Waals surface area contributed by atoms with Gasteiger partial charge in [0.2, 0.25) is 15.9 Å². The molecule has 1 spiro atoms. The number of anilines is 1. The number of rotatable bonds is 4. The van der Waals surface area contributed by atoms with Crippen LogP contribution in [0.3, 0.4) is 0 Å². The monoisotopic (exact) mass is 515 g/mol. The Morgan fingerprint density at radius 3 is 2.09 bits per heavy atom. The van der Waals surface area contributed by atoms with Gasteiger partial charge in [-0.1, -0.05) is 32.9 Å². The summed E-state index contributed by atoms with van der Waals surface area (Å²) in [5, 5.41) is 2.65. The van der Waals surface area contributed by atoms with Crippen LogP contribution < -0.4 is 5.32 Å². The number of sulfonamides is 1. The van der Waals surface area contributed by atoms with E-state index >= 15 is 0 Å². The summed E-state index contributed by atoms with van der Waals surface area (Å²) in [6, 6.07) is 14.1. The number of carbonyl (C=O) groups excluding carboxylic acids is 2. The SMILES string of the molecule is CC(=O)Nc1ccc(S(=O)(=O)N2CCC3(CC2)SCCN3C(=O)c2ccc(C(C)(C)C)cc2)cc1. The summed E-state index contributed by atoms with van der Waals surface area (Å²) >= 11 is 1.76. The summed E-state index contributed by atoms with van der Waals surface area (Å²) in [7, 11) is -3.65. The van der Waals surface area contributed by atoms with Crippen molar-refractivity contribution in [3.63, 3.8) is 0 Å². The Morgan fingerprint density at radius 1 is 0.943 bits per heavy atom.